The van der Waals surface area contributed by atoms with Crippen molar-refractivity contribution >= 4 is 23.4 Å². The Morgan fingerprint density at radius 1 is 1.09 bits per heavy atom. The lowest BCUT2D eigenvalue weighted by Crippen LogP contribution is -2.13. The molecule has 0 radical (unpaired) electrons. The minimum atomic E-state index is -0.301. The number of benzene rings is 2. The number of hydrogen-bond donors (Lipinski definition) is 1. The van der Waals surface area contributed by atoms with E-state index in [1.807, 2.05) is 68.5 Å². The maximum absolute atomic E-state index is 11.8. The van der Waals surface area contributed by atoms with E-state index in [1.54, 1.807) is 25.2 Å². The van der Waals surface area contributed by atoms with Crippen molar-refractivity contribution in [1.29, 1.82) is 0 Å². The van der Waals surface area contributed by atoms with Crippen molar-refractivity contribution in [3.63, 3.8) is 0 Å². The molecule has 0 unspecified atom stereocenters. The van der Waals surface area contributed by atoms with E-state index in [4.69, 9.17) is 20.2 Å². The lowest BCUT2D eigenvalue weighted by molar-refractivity contribution is -0.138. The van der Waals surface area contributed by atoms with Crippen molar-refractivity contribution in [2.75, 3.05) is 6.61 Å². The van der Waals surface area contributed by atoms with E-state index in [-0.39, 0.29) is 12.0 Å². The first-order valence-corrected chi connectivity index (χ1v) is 12.2. The molecule has 3 rings (SSSR count). The fraction of sp³-hybridized carbons (Fsp3) is 0.286. The van der Waals surface area contributed by atoms with Crippen LogP contribution in [0.15, 0.2) is 71.8 Å². The summed E-state index contributed by atoms with van der Waals surface area (Å²) in [4.78, 5) is 17.7. The van der Waals surface area contributed by atoms with Gasteiger partial charge in [0.15, 0.2) is 0 Å². The third kappa shape index (κ3) is 7.40. The van der Waals surface area contributed by atoms with Crippen LogP contribution >= 0.6 is 11.3 Å². The third-order valence-electron chi connectivity index (χ3n) is 5.20. The highest BCUT2D eigenvalue weighted by atomic mass is 32.1. The molecule has 5 nitrogen and oxygen atoms in total. The van der Waals surface area contributed by atoms with E-state index in [0.29, 0.717) is 25.2 Å². The number of ether oxygens (including phenoxy) is 2. The Bertz CT molecular complexity index is 1150. The van der Waals surface area contributed by atoms with Gasteiger partial charge in [-0.3, -0.25) is 0 Å². The van der Waals surface area contributed by atoms with Crippen LogP contribution in [0.3, 0.4) is 0 Å². The van der Waals surface area contributed by atoms with Crippen LogP contribution in [0.2, 0.25) is 0 Å². The van der Waals surface area contributed by atoms with Gasteiger partial charge in [-0.25, -0.2) is 9.78 Å². The number of nitrogens with two attached hydrogens (primary N) is 1. The van der Waals surface area contributed by atoms with Crippen LogP contribution in [0.5, 0.6) is 5.75 Å². The number of rotatable bonds is 10. The second-order valence-corrected chi connectivity index (χ2v) is 9.39. The number of thiazole rings is 1. The van der Waals surface area contributed by atoms with Crippen LogP contribution in [-0.4, -0.2) is 17.6 Å². The largest absolute Gasteiger partial charge is 0.489 e. The van der Waals surface area contributed by atoms with Crippen LogP contribution in [0.4, 0.5) is 0 Å². The van der Waals surface area contributed by atoms with Crippen LogP contribution in [-0.2, 0) is 22.6 Å². The number of aromatic nitrogens is 1. The first-order valence-electron chi connectivity index (χ1n) is 11.4. The molecule has 34 heavy (non-hydrogen) atoms. The highest BCUT2D eigenvalue weighted by Crippen LogP contribution is 2.27. The Morgan fingerprint density at radius 3 is 2.47 bits per heavy atom. The summed E-state index contributed by atoms with van der Waals surface area (Å²) in [6, 6.07) is 18.0. The van der Waals surface area contributed by atoms with Crippen LogP contribution < -0.4 is 10.5 Å². The van der Waals surface area contributed by atoms with Crippen molar-refractivity contribution < 1.29 is 14.3 Å². The summed E-state index contributed by atoms with van der Waals surface area (Å²) in [5.74, 6) is 0.532. The zero-order valence-corrected chi connectivity index (χ0v) is 21.0. The lowest BCUT2D eigenvalue weighted by Gasteiger charge is -2.10. The van der Waals surface area contributed by atoms with Gasteiger partial charge in [0.1, 0.15) is 17.4 Å². The van der Waals surface area contributed by atoms with Gasteiger partial charge in [-0.15, -0.1) is 11.3 Å². The number of carbonyl (C=O) groups excluding carboxylic acids is 1. The van der Waals surface area contributed by atoms with Gasteiger partial charge in [0.25, 0.3) is 0 Å². The summed E-state index contributed by atoms with van der Waals surface area (Å²) < 4.78 is 10.9. The van der Waals surface area contributed by atoms with Gasteiger partial charge in [0, 0.05) is 10.5 Å². The standard InChI is InChI=1S/C28H32N2O3S/c1-5-32-28(31)20(3)15-19(2)16-26-21(4)34-27(30-26)25(29)17-22-11-13-24(14-12-22)33-18-23-9-7-6-8-10-23/h6-16,25H,5,17-18,29H2,1-4H3/b19-16+,20-15-/t25-/m0/s1. The summed E-state index contributed by atoms with van der Waals surface area (Å²) in [6.45, 7) is 8.44. The predicted molar refractivity (Wildman–Crippen MR) is 139 cm³/mol. The summed E-state index contributed by atoms with van der Waals surface area (Å²) >= 11 is 1.61. The summed E-state index contributed by atoms with van der Waals surface area (Å²) in [5, 5.41) is 0.895. The molecule has 2 N–H and O–H groups in total. The molecular weight excluding hydrogens is 444 g/mol. The Hall–Kier alpha value is -3.22. The molecule has 1 atom stereocenters. The van der Waals surface area contributed by atoms with Crippen molar-refractivity contribution in [3.8, 4) is 5.75 Å². The average Bonchev–Trinajstić information content (AvgIpc) is 3.19. The SMILES string of the molecule is CCOC(=O)/C(C)=C\C(C)=C\c1nc([C@@H](N)Cc2ccc(OCc3ccccc3)cc2)sc1C. The fourth-order valence-corrected chi connectivity index (χ4v) is 4.33. The maximum atomic E-state index is 11.8. The molecule has 1 heterocycles. The average molecular weight is 477 g/mol. The highest BCUT2D eigenvalue weighted by molar-refractivity contribution is 7.11. The predicted octanol–water partition coefficient (Wildman–Crippen LogP) is 6.19. The van der Waals surface area contributed by atoms with Crippen molar-refractivity contribution in [1.82, 2.24) is 4.98 Å². The third-order valence-corrected chi connectivity index (χ3v) is 6.32. The molecule has 0 fully saturated rings. The van der Waals surface area contributed by atoms with Gasteiger partial charge in [0.2, 0.25) is 0 Å². The molecule has 2 aromatic carbocycles. The molecule has 178 valence electrons. The Morgan fingerprint density at radius 2 is 1.79 bits per heavy atom. The summed E-state index contributed by atoms with van der Waals surface area (Å²) in [6.07, 6.45) is 4.48. The quantitative estimate of drug-likeness (QED) is 0.215. The molecule has 0 aliphatic rings. The van der Waals surface area contributed by atoms with Crippen molar-refractivity contribution in [2.45, 2.75) is 46.8 Å². The summed E-state index contributed by atoms with van der Waals surface area (Å²) in [5.41, 5.74) is 11.1. The maximum Gasteiger partial charge on any atom is 0.333 e. The first kappa shape index (κ1) is 25.4. The summed E-state index contributed by atoms with van der Waals surface area (Å²) in [7, 11) is 0. The van der Waals surface area contributed by atoms with E-state index in [9.17, 15) is 4.79 Å². The second kappa shape index (κ2) is 12.3. The lowest BCUT2D eigenvalue weighted by atomic mass is 10.1. The van der Waals surface area contributed by atoms with E-state index in [1.165, 1.54) is 0 Å². The number of allylic oxidation sites excluding steroid dienone is 2. The first-order chi connectivity index (χ1) is 16.4. The van der Waals surface area contributed by atoms with Gasteiger partial charge in [-0.05, 0) is 75.1 Å². The Kier molecular flexibility index (Phi) is 9.19. The van der Waals surface area contributed by atoms with Gasteiger partial charge >= 0.3 is 5.97 Å². The number of aryl methyl sites for hydroxylation is 1. The molecule has 6 heteroatoms. The van der Waals surface area contributed by atoms with E-state index in [0.717, 1.165) is 38.0 Å². The molecule has 0 saturated heterocycles. The molecule has 3 aromatic rings. The molecule has 0 aliphatic heterocycles. The zero-order valence-electron chi connectivity index (χ0n) is 20.2. The normalized spacial score (nSPS) is 13.0. The molecule has 0 saturated carbocycles. The van der Waals surface area contributed by atoms with Crippen molar-refractivity contribution in [3.05, 3.63) is 98.5 Å². The fourth-order valence-electron chi connectivity index (χ4n) is 3.43. The molecule has 0 bridgehead atoms. The minimum absolute atomic E-state index is 0.195. The monoisotopic (exact) mass is 476 g/mol. The number of hydrogen-bond acceptors (Lipinski definition) is 6. The Balaban J connectivity index is 1.61. The molecule has 1 aromatic heterocycles. The number of carbonyl (C=O) groups is 1. The number of nitrogens with zero attached hydrogens (tertiary/aromatic N) is 1. The molecular formula is C28H32N2O3S. The van der Waals surface area contributed by atoms with Gasteiger partial charge in [-0.2, -0.15) is 0 Å². The minimum Gasteiger partial charge on any atom is -0.489 e. The van der Waals surface area contributed by atoms with Crippen LogP contribution in [0, 0.1) is 6.92 Å². The van der Waals surface area contributed by atoms with Crippen LogP contribution in [0.25, 0.3) is 6.08 Å². The van der Waals surface area contributed by atoms with Gasteiger partial charge in [-0.1, -0.05) is 42.5 Å². The molecule has 0 amide bonds. The number of esters is 1. The van der Waals surface area contributed by atoms with E-state index in [2.05, 4.69) is 12.1 Å². The zero-order chi connectivity index (χ0) is 24.5. The van der Waals surface area contributed by atoms with Gasteiger partial charge < -0.3 is 15.2 Å². The Labute approximate surface area is 205 Å². The molecule has 0 spiro atoms. The van der Waals surface area contributed by atoms with Gasteiger partial charge in [0.05, 0.1) is 18.3 Å². The second-order valence-electron chi connectivity index (χ2n) is 8.16. The van der Waals surface area contributed by atoms with Crippen LogP contribution in [0.1, 0.15) is 53.5 Å². The van der Waals surface area contributed by atoms with Crippen molar-refractivity contribution in [2.24, 2.45) is 5.73 Å². The van der Waals surface area contributed by atoms with E-state index >= 15 is 0 Å². The smallest absolute Gasteiger partial charge is 0.333 e. The topological polar surface area (TPSA) is 74.4 Å². The van der Waals surface area contributed by atoms with E-state index < -0.39 is 0 Å². The highest BCUT2D eigenvalue weighted by Gasteiger charge is 2.14. The molecule has 0 aliphatic carbocycles.